The van der Waals surface area contributed by atoms with E-state index in [0.29, 0.717) is 4.99 Å². The highest BCUT2D eigenvalue weighted by Gasteiger charge is 2.28. The van der Waals surface area contributed by atoms with Crippen LogP contribution in [0.25, 0.3) is 0 Å². The summed E-state index contributed by atoms with van der Waals surface area (Å²) in [5.41, 5.74) is 5.56. The lowest BCUT2D eigenvalue weighted by molar-refractivity contribution is -0.127. The molecule has 1 atom stereocenters. The maximum absolute atomic E-state index is 11.6. The van der Waals surface area contributed by atoms with Crippen LogP contribution in [-0.4, -0.2) is 16.9 Å². The fourth-order valence-electron chi connectivity index (χ4n) is 1.51. The number of hydrogen-bond acceptors (Lipinski definition) is 2. The third-order valence-corrected chi connectivity index (χ3v) is 3.00. The Labute approximate surface area is 90.4 Å². The molecule has 0 spiro atoms. The van der Waals surface area contributed by atoms with E-state index in [1.807, 2.05) is 13.8 Å². The van der Waals surface area contributed by atoms with Gasteiger partial charge in [0.05, 0.1) is 11.0 Å². The molecule has 1 aliphatic rings. The van der Waals surface area contributed by atoms with Gasteiger partial charge in [0.15, 0.2) is 0 Å². The first-order valence-corrected chi connectivity index (χ1v) is 5.53. The summed E-state index contributed by atoms with van der Waals surface area (Å²) in [5, 5.41) is 2.91. The number of nitrogens with one attached hydrogen (secondary N) is 1. The molecule has 1 amide bonds. The Balaban J connectivity index is 2.46. The molecule has 4 heteroatoms. The van der Waals surface area contributed by atoms with Crippen molar-refractivity contribution in [2.45, 2.75) is 39.2 Å². The number of rotatable bonds is 4. The molecule has 3 N–H and O–H groups in total. The van der Waals surface area contributed by atoms with E-state index < -0.39 is 0 Å². The van der Waals surface area contributed by atoms with Crippen LogP contribution >= 0.6 is 12.2 Å². The molecule has 1 fully saturated rings. The third kappa shape index (κ3) is 2.67. The van der Waals surface area contributed by atoms with E-state index in [9.17, 15) is 4.79 Å². The van der Waals surface area contributed by atoms with Crippen LogP contribution in [0.2, 0.25) is 0 Å². The van der Waals surface area contributed by atoms with Gasteiger partial charge >= 0.3 is 0 Å². The van der Waals surface area contributed by atoms with Crippen molar-refractivity contribution in [3.63, 3.8) is 0 Å². The zero-order chi connectivity index (χ0) is 10.7. The Morgan fingerprint density at radius 1 is 1.50 bits per heavy atom. The second-order valence-corrected chi connectivity index (χ2v) is 4.73. The molecule has 0 aromatic heterocycles. The van der Waals surface area contributed by atoms with Gasteiger partial charge in [-0.2, -0.15) is 0 Å². The van der Waals surface area contributed by atoms with Crippen molar-refractivity contribution in [3.8, 4) is 0 Å². The quantitative estimate of drug-likeness (QED) is 0.692. The first-order chi connectivity index (χ1) is 6.52. The molecule has 1 aliphatic carbocycles. The lowest BCUT2D eigenvalue weighted by Crippen LogP contribution is -2.49. The van der Waals surface area contributed by atoms with Gasteiger partial charge in [0, 0.05) is 5.92 Å². The van der Waals surface area contributed by atoms with Crippen molar-refractivity contribution in [1.29, 1.82) is 0 Å². The minimum atomic E-state index is -0.155. The van der Waals surface area contributed by atoms with E-state index in [0.717, 1.165) is 19.3 Å². The summed E-state index contributed by atoms with van der Waals surface area (Å²) < 4.78 is 0. The van der Waals surface area contributed by atoms with Crippen molar-refractivity contribution in [2.24, 2.45) is 17.6 Å². The van der Waals surface area contributed by atoms with Crippen molar-refractivity contribution < 1.29 is 4.79 Å². The highest BCUT2D eigenvalue weighted by Crippen LogP contribution is 2.26. The molecule has 0 aromatic rings. The maximum Gasteiger partial charge on any atom is 0.223 e. The van der Waals surface area contributed by atoms with Gasteiger partial charge in [-0.3, -0.25) is 4.79 Å². The molecule has 0 aliphatic heterocycles. The maximum atomic E-state index is 11.6. The topological polar surface area (TPSA) is 55.1 Å². The summed E-state index contributed by atoms with van der Waals surface area (Å²) >= 11 is 4.92. The monoisotopic (exact) mass is 214 g/mol. The molecule has 80 valence electrons. The van der Waals surface area contributed by atoms with Crippen LogP contribution in [0.15, 0.2) is 0 Å². The van der Waals surface area contributed by atoms with Crippen LogP contribution in [0.1, 0.15) is 33.1 Å². The summed E-state index contributed by atoms with van der Waals surface area (Å²) in [4.78, 5) is 12.0. The summed E-state index contributed by atoms with van der Waals surface area (Å²) in [6.07, 6.45) is 3.18. The van der Waals surface area contributed by atoms with E-state index in [1.54, 1.807) is 0 Å². The SMILES string of the molecule is CC(C)C(NC(=O)C1CCC1)C(N)=S. The molecule has 0 aromatic carbocycles. The first kappa shape index (κ1) is 11.4. The van der Waals surface area contributed by atoms with E-state index >= 15 is 0 Å². The average Bonchev–Trinajstić information content (AvgIpc) is 1.95. The molecule has 0 bridgehead atoms. The highest BCUT2D eigenvalue weighted by molar-refractivity contribution is 7.80. The predicted octanol–water partition coefficient (Wildman–Crippen LogP) is 1.21. The number of thiocarbonyl (C=S) groups is 1. The molecule has 0 heterocycles. The Hall–Kier alpha value is -0.640. The van der Waals surface area contributed by atoms with Crippen molar-refractivity contribution in [3.05, 3.63) is 0 Å². The molecule has 14 heavy (non-hydrogen) atoms. The van der Waals surface area contributed by atoms with Gasteiger partial charge in [-0.1, -0.05) is 32.5 Å². The number of carbonyl (C=O) groups excluding carboxylic acids is 1. The van der Waals surface area contributed by atoms with Gasteiger partial charge in [0.25, 0.3) is 0 Å². The Morgan fingerprint density at radius 3 is 2.36 bits per heavy atom. The first-order valence-electron chi connectivity index (χ1n) is 5.12. The smallest absolute Gasteiger partial charge is 0.223 e. The Morgan fingerprint density at radius 2 is 2.07 bits per heavy atom. The van der Waals surface area contributed by atoms with Crippen LogP contribution in [0.5, 0.6) is 0 Å². The number of amides is 1. The summed E-state index contributed by atoms with van der Waals surface area (Å²) in [7, 11) is 0. The molecule has 1 rings (SSSR count). The second-order valence-electron chi connectivity index (χ2n) is 4.26. The van der Waals surface area contributed by atoms with Gasteiger partial charge in [-0.15, -0.1) is 0 Å². The van der Waals surface area contributed by atoms with Gasteiger partial charge in [-0.25, -0.2) is 0 Å². The van der Waals surface area contributed by atoms with E-state index in [2.05, 4.69) is 5.32 Å². The minimum absolute atomic E-state index is 0.114. The van der Waals surface area contributed by atoms with Crippen LogP contribution in [-0.2, 0) is 4.79 Å². The lowest BCUT2D eigenvalue weighted by Gasteiger charge is -2.28. The lowest BCUT2D eigenvalue weighted by atomic mass is 9.84. The molecule has 1 unspecified atom stereocenters. The molecule has 3 nitrogen and oxygen atoms in total. The summed E-state index contributed by atoms with van der Waals surface area (Å²) in [6.45, 7) is 4.01. The number of hydrogen-bond donors (Lipinski definition) is 2. The van der Waals surface area contributed by atoms with Crippen LogP contribution in [0.4, 0.5) is 0 Å². The normalized spacial score (nSPS) is 18.8. The molecule has 0 saturated heterocycles. The van der Waals surface area contributed by atoms with Crippen LogP contribution in [0, 0.1) is 11.8 Å². The van der Waals surface area contributed by atoms with E-state index in [-0.39, 0.29) is 23.8 Å². The minimum Gasteiger partial charge on any atom is -0.392 e. The van der Waals surface area contributed by atoms with Gasteiger partial charge in [0.1, 0.15) is 0 Å². The van der Waals surface area contributed by atoms with Crippen LogP contribution < -0.4 is 11.1 Å². The largest absolute Gasteiger partial charge is 0.392 e. The van der Waals surface area contributed by atoms with E-state index in [4.69, 9.17) is 18.0 Å². The Bertz CT molecular complexity index is 236. The summed E-state index contributed by atoms with van der Waals surface area (Å²) in [6, 6.07) is -0.155. The predicted molar refractivity (Wildman–Crippen MR) is 60.9 cm³/mol. The second kappa shape index (κ2) is 4.73. The third-order valence-electron chi connectivity index (χ3n) is 2.75. The molecular weight excluding hydrogens is 196 g/mol. The molecule has 1 saturated carbocycles. The number of nitrogens with two attached hydrogens (primary N) is 1. The van der Waals surface area contributed by atoms with Gasteiger partial charge in [-0.05, 0) is 18.8 Å². The van der Waals surface area contributed by atoms with Crippen molar-refractivity contribution >= 4 is 23.1 Å². The highest BCUT2D eigenvalue weighted by atomic mass is 32.1. The Kier molecular flexibility index (Phi) is 3.86. The van der Waals surface area contributed by atoms with Gasteiger partial charge in [0.2, 0.25) is 5.91 Å². The van der Waals surface area contributed by atoms with Crippen molar-refractivity contribution in [1.82, 2.24) is 5.32 Å². The van der Waals surface area contributed by atoms with Crippen molar-refractivity contribution in [2.75, 3.05) is 0 Å². The fraction of sp³-hybridized carbons (Fsp3) is 0.800. The summed E-state index contributed by atoms with van der Waals surface area (Å²) in [5.74, 6) is 0.574. The molecule has 0 radical (unpaired) electrons. The molecular formula is C10H18N2OS. The average molecular weight is 214 g/mol. The fourth-order valence-corrected chi connectivity index (χ4v) is 1.84. The number of carbonyl (C=O) groups is 1. The van der Waals surface area contributed by atoms with Gasteiger partial charge < -0.3 is 11.1 Å². The zero-order valence-electron chi connectivity index (χ0n) is 8.75. The standard InChI is InChI=1S/C10H18N2OS/c1-6(2)8(9(11)14)12-10(13)7-4-3-5-7/h6-8H,3-5H2,1-2H3,(H2,11,14)(H,12,13). The van der Waals surface area contributed by atoms with E-state index in [1.165, 1.54) is 0 Å². The zero-order valence-corrected chi connectivity index (χ0v) is 9.56. The van der Waals surface area contributed by atoms with Crippen LogP contribution in [0.3, 0.4) is 0 Å².